The van der Waals surface area contributed by atoms with Crippen LogP contribution in [0.1, 0.15) is 6.42 Å². The van der Waals surface area contributed by atoms with Crippen molar-refractivity contribution in [2.75, 3.05) is 10.7 Å². The van der Waals surface area contributed by atoms with Crippen LogP contribution in [0.25, 0.3) is 0 Å². The van der Waals surface area contributed by atoms with Crippen molar-refractivity contribution in [1.82, 2.24) is 0 Å². The molecule has 0 aliphatic heterocycles. The largest absolute Gasteiger partial charge is 0.0918 e. The Bertz CT molecular complexity index is 155. The first-order valence-corrected chi connectivity index (χ1v) is 5.54. The highest BCUT2D eigenvalue weighted by molar-refractivity contribution is 9.09. The molecule has 0 radical (unpaired) electrons. The SMILES string of the molecule is BrCC1(CBr)C=CC=CC1. The Balaban J connectivity index is 2.66. The number of hydrogen-bond donors (Lipinski definition) is 0. The summed E-state index contributed by atoms with van der Waals surface area (Å²) in [6, 6.07) is 0. The molecule has 0 amide bonds. The second-order valence-electron chi connectivity index (χ2n) is 2.62. The molecule has 0 N–H and O–H groups in total. The first kappa shape index (κ1) is 8.54. The lowest BCUT2D eigenvalue weighted by molar-refractivity contribution is 0.514. The van der Waals surface area contributed by atoms with Gasteiger partial charge in [-0.05, 0) is 6.42 Å². The van der Waals surface area contributed by atoms with Crippen LogP contribution < -0.4 is 0 Å². The van der Waals surface area contributed by atoms with Crippen LogP contribution in [0, 0.1) is 5.41 Å². The van der Waals surface area contributed by atoms with Crippen LogP contribution in [-0.2, 0) is 0 Å². The van der Waals surface area contributed by atoms with E-state index < -0.39 is 0 Å². The zero-order chi connectivity index (χ0) is 7.45. The molecule has 0 nitrogen and oxygen atoms in total. The summed E-state index contributed by atoms with van der Waals surface area (Å²) in [6.07, 6.45) is 9.83. The third kappa shape index (κ3) is 1.73. The maximum Gasteiger partial charge on any atom is 0.0134 e. The Morgan fingerprint density at radius 3 is 2.20 bits per heavy atom. The van der Waals surface area contributed by atoms with Gasteiger partial charge in [-0.25, -0.2) is 0 Å². The molecule has 10 heavy (non-hydrogen) atoms. The molecule has 0 spiro atoms. The molecular formula is C8H10Br2. The first-order valence-electron chi connectivity index (χ1n) is 3.29. The van der Waals surface area contributed by atoms with Crippen LogP contribution in [0.15, 0.2) is 24.3 Å². The van der Waals surface area contributed by atoms with Crippen LogP contribution in [-0.4, -0.2) is 10.7 Å². The summed E-state index contributed by atoms with van der Waals surface area (Å²) >= 11 is 7.03. The topological polar surface area (TPSA) is 0 Å². The van der Waals surface area contributed by atoms with E-state index in [2.05, 4.69) is 56.2 Å². The molecule has 2 heteroatoms. The molecule has 0 atom stereocenters. The van der Waals surface area contributed by atoms with Crippen molar-refractivity contribution in [1.29, 1.82) is 0 Å². The molecule has 0 aromatic rings. The summed E-state index contributed by atoms with van der Waals surface area (Å²) in [4.78, 5) is 0. The highest BCUT2D eigenvalue weighted by atomic mass is 79.9. The van der Waals surface area contributed by atoms with E-state index in [-0.39, 0.29) is 0 Å². The van der Waals surface area contributed by atoms with Gasteiger partial charge in [0.1, 0.15) is 0 Å². The average molecular weight is 266 g/mol. The van der Waals surface area contributed by atoms with E-state index in [0.717, 1.165) is 17.1 Å². The predicted molar refractivity (Wildman–Crippen MR) is 52.9 cm³/mol. The molecule has 1 aliphatic rings. The lowest BCUT2D eigenvalue weighted by atomic mass is 9.86. The molecule has 0 unspecified atom stereocenters. The molecule has 0 saturated carbocycles. The second-order valence-corrected chi connectivity index (χ2v) is 3.74. The van der Waals surface area contributed by atoms with Crippen LogP contribution in [0.3, 0.4) is 0 Å². The van der Waals surface area contributed by atoms with Crippen molar-refractivity contribution in [3.05, 3.63) is 24.3 Å². The monoisotopic (exact) mass is 264 g/mol. The van der Waals surface area contributed by atoms with E-state index in [4.69, 9.17) is 0 Å². The Labute approximate surface area is 78.6 Å². The first-order chi connectivity index (χ1) is 4.83. The molecule has 1 aliphatic carbocycles. The smallest absolute Gasteiger partial charge is 0.0134 e. The summed E-state index contributed by atoms with van der Waals surface area (Å²) in [7, 11) is 0. The average Bonchev–Trinajstić information content (AvgIpc) is 2.06. The summed E-state index contributed by atoms with van der Waals surface area (Å²) in [5.74, 6) is 0. The molecule has 56 valence electrons. The molecule has 0 saturated heterocycles. The zero-order valence-electron chi connectivity index (χ0n) is 5.69. The number of rotatable bonds is 2. The van der Waals surface area contributed by atoms with Gasteiger partial charge in [0.2, 0.25) is 0 Å². The maximum absolute atomic E-state index is 3.51. The van der Waals surface area contributed by atoms with Crippen molar-refractivity contribution in [2.24, 2.45) is 5.41 Å². The molecular weight excluding hydrogens is 256 g/mol. The standard InChI is InChI=1S/C8H10Br2/c9-6-8(7-10)4-2-1-3-5-8/h1-4H,5-7H2. The van der Waals surface area contributed by atoms with Crippen molar-refractivity contribution in [3.8, 4) is 0 Å². The lowest BCUT2D eigenvalue weighted by Crippen LogP contribution is -2.21. The molecule has 0 bridgehead atoms. The molecule has 0 aromatic heterocycles. The van der Waals surface area contributed by atoms with Crippen molar-refractivity contribution >= 4 is 31.9 Å². The molecule has 0 fully saturated rings. The van der Waals surface area contributed by atoms with Gasteiger partial charge in [0.25, 0.3) is 0 Å². The zero-order valence-corrected chi connectivity index (χ0v) is 8.86. The van der Waals surface area contributed by atoms with Crippen molar-refractivity contribution in [3.63, 3.8) is 0 Å². The van der Waals surface area contributed by atoms with E-state index >= 15 is 0 Å². The quantitative estimate of drug-likeness (QED) is 0.673. The third-order valence-corrected chi connectivity index (χ3v) is 3.99. The fourth-order valence-corrected chi connectivity index (χ4v) is 2.70. The minimum Gasteiger partial charge on any atom is -0.0918 e. The second kappa shape index (κ2) is 3.72. The van der Waals surface area contributed by atoms with E-state index in [0.29, 0.717) is 5.41 Å². The lowest BCUT2D eigenvalue weighted by Gasteiger charge is -2.26. The van der Waals surface area contributed by atoms with Crippen molar-refractivity contribution < 1.29 is 0 Å². The Morgan fingerprint density at radius 2 is 1.90 bits per heavy atom. The van der Waals surface area contributed by atoms with E-state index in [9.17, 15) is 0 Å². The van der Waals surface area contributed by atoms with Gasteiger partial charge in [0.15, 0.2) is 0 Å². The van der Waals surface area contributed by atoms with Crippen molar-refractivity contribution in [2.45, 2.75) is 6.42 Å². The van der Waals surface area contributed by atoms with Gasteiger partial charge < -0.3 is 0 Å². The van der Waals surface area contributed by atoms with E-state index in [1.54, 1.807) is 0 Å². The van der Waals surface area contributed by atoms with Crippen LogP contribution in [0.5, 0.6) is 0 Å². The normalized spacial score (nSPS) is 21.4. The van der Waals surface area contributed by atoms with Gasteiger partial charge in [-0.2, -0.15) is 0 Å². The minimum absolute atomic E-state index is 0.328. The van der Waals surface area contributed by atoms with Gasteiger partial charge in [0, 0.05) is 16.1 Å². The molecule has 1 rings (SSSR count). The Hall–Kier alpha value is 0.440. The molecule has 0 aromatic carbocycles. The van der Waals surface area contributed by atoms with E-state index in [1.807, 2.05) is 0 Å². The highest BCUT2D eigenvalue weighted by Gasteiger charge is 2.23. The summed E-state index contributed by atoms with van der Waals surface area (Å²) in [5.41, 5.74) is 0.328. The number of alkyl halides is 2. The number of allylic oxidation sites excluding steroid dienone is 4. The van der Waals surface area contributed by atoms with Crippen LogP contribution in [0.4, 0.5) is 0 Å². The third-order valence-electron chi connectivity index (χ3n) is 1.75. The summed E-state index contributed by atoms with van der Waals surface area (Å²) < 4.78 is 0. The summed E-state index contributed by atoms with van der Waals surface area (Å²) in [5, 5.41) is 2.07. The minimum atomic E-state index is 0.328. The van der Waals surface area contributed by atoms with Gasteiger partial charge >= 0.3 is 0 Å². The number of halogens is 2. The van der Waals surface area contributed by atoms with Gasteiger partial charge in [-0.1, -0.05) is 56.2 Å². The highest BCUT2D eigenvalue weighted by Crippen LogP contribution is 2.31. The van der Waals surface area contributed by atoms with Gasteiger partial charge in [-0.3, -0.25) is 0 Å². The fourth-order valence-electron chi connectivity index (χ4n) is 0.943. The number of hydrogen-bond acceptors (Lipinski definition) is 0. The van der Waals surface area contributed by atoms with Gasteiger partial charge in [-0.15, -0.1) is 0 Å². The van der Waals surface area contributed by atoms with Crippen LogP contribution in [0.2, 0.25) is 0 Å². The maximum atomic E-state index is 3.51. The fraction of sp³-hybridized carbons (Fsp3) is 0.500. The Morgan fingerprint density at radius 1 is 1.20 bits per heavy atom. The van der Waals surface area contributed by atoms with Crippen LogP contribution >= 0.6 is 31.9 Å². The predicted octanol–water partition coefficient (Wildman–Crippen LogP) is 3.28. The summed E-state index contributed by atoms with van der Waals surface area (Å²) in [6.45, 7) is 0. The molecule has 0 heterocycles. The van der Waals surface area contributed by atoms with E-state index in [1.165, 1.54) is 0 Å². The van der Waals surface area contributed by atoms with Gasteiger partial charge in [0.05, 0.1) is 0 Å². The Kier molecular flexibility index (Phi) is 3.18.